The Morgan fingerprint density at radius 3 is 1.79 bits per heavy atom. The highest BCUT2D eigenvalue weighted by molar-refractivity contribution is 6.79. The van der Waals surface area contributed by atoms with Crippen LogP contribution in [0.5, 0.6) is 0 Å². The molecule has 1 aliphatic rings. The Labute approximate surface area is 178 Å². The second kappa shape index (κ2) is 9.59. The molecule has 2 atom stereocenters. The van der Waals surface area contributed by atoms with Crippen molar-refractivity contribution in [3.63, 3.8) is 0 Å². The van der Waals surface area contributed by atoms with Crippen LogP contribution in [0.15, 0.2) is 60.7 Å². The Balaban J connectivity index is 1.87. The summed E-state index contributed by atoms with van der Waals surface area (Å²) < 4.78 is 11.3. The van der Waals surface area contributed by atoms with Crippen molar-refractivity contribution >= 4 is 8.07 Å². The smallest absolute Gasteiger partial charge is 0.0606 e. The van der Waals surface area contributed by atoms with Gasteiger partial charge in [-0.1, -0.05) is 86.7 Å². The van der Waals surface area contributed by atoms with Gasteiger partial charge in [-0.05, 0) is 35.8 Å². The Morgan fingerprint density at radius 2 is 1.34 bits per heavy atom. The zero-order chi connectivity index (χ0) is 20.9. The fraction of sp³-hybridized carbons (Fsp3) is 0.538. The zero-order valence-corrected chi connectivity index (χ0v) is 19.9. The summed E-state index contributed by atoms with van der Waals surface area (Å²) >= 11 is 0. The second-order valence-electron chi connectivity index (χ2n) is 9.96. The molecular weight excluding hydrogens is 372 g/mol. The van der Waals surface area contributed by atoms with E-state index in [1.165, 1.54) is 30.0 Å². The summed E-state index contributed by atoms with van der Waals surface area (Å²) in [6.07, 6.45) is 2.44. The number of hydrogen-bond acceptors (Lipinski definition) is 2. The Bertz CT molecular complexity index is 698. The number of methoxy groups -OCH3 is 2. The van der Waals surface area contributed by atoms with Crippen molar-refractivity contribution in [2.24, 2.45) is 17.3 Å². The Morgan fingerprint density at radius 1 is 0.862 bits per heavy atom. The molecule has 158 valence electrons. The minimum Gasteiger partial charge on any atom is -0.384 e. The van der Waals surface area contributed by atoms with E-state index in [9.17, 15) is 0 Å². The van der Waals surface area contributed by atoms with Crippen LogP contribution in [-0.2, 0) is 9.47 Å². The third-order valence-electron chi connectivity index (χ3n) is 6.99. The van der Waals surface area contributed by atoms with Crippen LogP contribution in [-0.4, -0.2) is 35.5 Å². The van der Waals surface area contributed by atoms with Crippen LogP contribution in [0.4, 0.5) is 0 Å². The van der Waals surface area contributed by atoms with E-state index in [-0.39, 0.29) is 5.41 Å². The maximum atomic E-state index is 5.63. The first-order valence-corrected chi connectivity index (χ1v) is 14.3. The van der Waals surface area contributed by atoms with E-state index < -0.39 is 8.07 Å². The van der Waals surface area contributed by atoms with Crippen molar-refractivity contribution in [1.82, 2.24) is 0 Å². The van der Waals surface area contributed by atoms with Gasteiger partial charge in [0.05, 0.1) is 21.3 Å². The third kappa shape index (κ3) is 5.20. The molecule has 3 rings (SSSR count). The van der Waals surface area contributed by atoms with E-state index >= 15 is 0 Å². The van der Waals surface area contributed by atoms with Crippen molar-refractivity contribution in [3.05, 3.63) is 71.8 Å². The van der Waals surface area contributed by atoms with Crippen LogP contribution < -0.4 is 0 Å². The standard InChI is InChI=1S/C26H38O2Si/c1-21-16-26(19-27-2,20-28-3)17-24(21)18-29(4,5)25(22-12-8-6-9-13-22)23-14-10-7-11-15-23/h6-15,21,24-25H,16-20H2,1-5H3/t21-,24+/m0/s1. The SMILES string of the molecule is COCC1(COC)C[C@H](C[Si](C)(C)C(c2ccccc2)c2ccccc2)[C@@H](C)C1. The van der Waals surface area contributed by atoms with Crippen LogP contribution in [0, 0.1) is 17.3 Å². The van der Waals surface area contributed by atoms with Crippen LogP contribution in [0.2, 0.25) is 19.1 Å². The third-order valence-corrected chi connectivity index (χ3v) is 10.8. The van der Waals surface area contributed by atoms with Crippen molar-refractivity contribution in [2.75, 3.05) is 27.4 Å². The van der Waals surface area contributed by atoms with Gasteiger partial charge in [0.1, 0.15) is 0 Å². The molecule has 0 amide bonds. The molecule has 0 spiro atoms. The summed E-state index contributed by atoms with van der Waals surface area (Å²) in [7, 11) is 2.05. The number of rotatable bonds is 9. The van der Waals surface area contributed by atoms with Gasteiger partial charge in [0.2, 0.25) is 0 Å². The fourth-order valence-corrected chi connectivity index (χ4v) is 10.4. The summed E-state index contributed by atoms with van der Waals surface area (Å²) in [6, 6.07) is 23.7. The van der Waals surface area contributed by atoms with Gasteiger partial charge in [0.25, 0.3) is 0 Å². The second-order valence-corrected chi connectivity index (χ2v) is 14.9. The average molecular weight is 411 g/mol. The molecule has 0 aliphatic heterocycles. The molecule has 0 unspecified atom stereocenters. The molecule has 0 bridgehead atoms. The summed E-state index contributed by atoms with van der Waals surface area (Å²) in [6.45, 7) is 9.26. The van der Waals surface area contributed by atoms with Crippen LogP contribution >= 0.6 is 0 Å². The molecule has 2 nitrogen and oxygen atoms in total. The molecule has 0 aromatic heterocycles. The molecule has 3 heteroatoms. The molecule has 0 N–H and O–H groups in total. The highest BCUT2D eigenvalue weighted by Crippen LogP contribution is 2.50. The van der Waals surface area contributed by atoms with E-state index in [1.807, 2.05) is 14.2 Å². The normalized spacial score (nSPS) is 21.6. The topological polar surface area (TPSA) is 18.5 Å². The maximum absolute atomic E-state index is 5.63. The van der Waals surface area contributed by atoms with Gasteiger partial charge in [0.15, 0.2) is 0 Å². The Hall–Kier alpha value is -1.42. The van der Waals surface area contributed by atoms with Crippen molar-refractivity contribution < 1.29 is 9.47 Å². The summed E-state index contributed by atoms with van der Waals surface area (Å²) in [5.41, 5.74) is 3.66. The molecule has 0 heterocycles. The van der Waals surface area contributed by atoms with Crippen LogP contribution in [0.1, 0.15) is 36.4 Å². The lowest BCUT2D eigenvalue weighted by molar-refractivity contribution is 0.0110. The highest BCUT2D eigenvalue weighted by atomic mass is 28.3. The molecule has 0 radical (unpaired) electrons. The lowest BCUT2D eigenvalue weighted by Gasteiger charge is -2.37. The van der Waals surface area contributed by atoms with Crippen molar-refractivity contribution in [1.29, 1.82) is 0 Å². The van der Waals surface area contributed by atoms with Gasteiger partial charge < -0.3 is 9.47 Å². The van der Waals surface area contributed by atoms with Gasteiger partial charge >= 0.3 is 0 Å². The molecular formula is C26H38O2Si. The van der Waals surface area contributed by atoms with E-state index in [0.717, 1.165) is 25.0 Å². The van der Waals surface area contributed by atoms with Gasteiger partial charge in [-0.25, -0.2) is 0 Å². The Kier molecular flexibility index (Phi) is 7.36. The molecule has 2 aromatic rings. The van der Waals surface area contributed by atoms with Gasteiger partial charge in [-0.15, -0.1) is 0 Å². The first kappa shape index (κ1) is 22.3. The molecule has 0 saturated heterocycles. The van der Waals surface area contributed by atoms with Crippen LogP contribution in [0.3, 0.4) is 0 Å². The molecule has 2 aromatic carbocycles. The van der Waals surface area contributed by atoms with Gasteiger partial charge in [-0.2, -0.15) is 0 Å². The summed E-state index contributed by atoms with van der Waals surface area (Å²) in [5.74, 6) is 1.47. The minimum absolute atomic E-state index is 0.188. The lowest BCUT2D eigenvalue weighted by Crippen LogP contribution is -2.38. The first-order chi connectivity index (χ1) is 13.9. The minimum atomic E-state index is -1.61. The van der Waals surface area contributed by atoms with E-state index in [0.29, 0.717) is 5.54 Å². The first-order valence-electron chi connectivity index (χ1n) is 11.0. The molecule has 1 fully saturated rings. The number of hydrogen-bond donors (Lipinski definition) is 0. The highest BCUT2D eigenvalue weighted by Gasteiger charge is 2.47. The predicted molar refractivity (Wildman–Crippen MR) is 125 cm³/mol. The van der Waals surface area contributed by atoms with Crippen LogP contribution in [0.25, 0.3) is 0 Å². The quantitative estimate of drug-likeness (QED) is 0.446. The lowest BCUT2D eigenvalue weighted by atomic mass is 9.87. The average Bonchev–Trinajstić information content (AvgIpc) is 2.98. The van der Waals surface area contributed by atoms with E-state index in [2.05, 4.69) is 80.7 Å². The van der Waals surface area contributed by atoms with E-state index in [4.69, 9.17) is 9.47 Å². The zero-order valence-electron chi connectivity index (χ0n) is 18.9. The van der Waals surface area contributed by atoms with Gasteiger partial charge in [0, 0.05) is 25.2 Å². The van der Waals surface area contributed by atoms with Gasteiger partial charge in [-0.3, -0.25) is 0 Å². The maximum Gasteiger partial charge on any atom is 0.0606 e. The fourth-order valence-electron chi connectivity index (χ4n) is 6.03. The molecule has 1 aliphatic carbocycles. The monoisotopic (exact) mass is 410 g/mol. The summed E-state index contributed by atoms with van der Waals surface area (Å²) in [5, 5.41) is 0. The number of benzene rings is 2. The van der Waals surface area contributed by atoms with Crippen molar-refractivity contribution in [3.8, 4) is 0 Å². The number of ether oxygens (including phenoxy) is 2. The molecule has 1 saturated carbocycles. The molecule has 29 heavy (non-hydrogen) atoms. The predicted octanol–water partition coefficient (Wildman–Crippen LogP) is 6.39. The summed E-state index contributed by atoms with van der Waals surface area (Å²) in [4.78, 5) is 0. The van der Waals surface area contributed by atoms with Crippen molar-refractivity contribution in [2.45, 2.75) is 44.4 Å². The van der Waals surface area contributed by atoms with E-state index in [1.54, 1.807) is 0 Å². The largest absolute Gasteiger partial charge is 0.384 e.